The molecule has 0 amide bonds. The predicted molar refractivity (Wildman–Crippen MR) is 67.0 cm³/mol. The van der Waals surface area contributed by atoms with Crippen molar-refractivity contribution in [2.45, 2.75) is 13.0 Å². The van der Waals surface area contributed by atoms with Crippen molar-refractivity contribution in [3.63, 3.8) is 0 Å². The average molecular weight is 287 g/mol. The minimum absolute atomic E-state index is 0.175. The molecule has 2 nitrogen and oxygen atoms in total. The van der Waals surface area contributed by atoms with Gasteiger partial charge in [-0.15, -0.1) is 0 Å². The Morgan fingerprint density at radius 3 is 2.62 bits per heavy atom. The van der Waals surface area contributed by atoms with Gasteiger partial charge >= 0.3 is 0 Å². The number of halogens is 2. The monoisotopic (exact) mass is 286 g/mol. The van der Waals surface area contributed by atoms with Crippen molar-refractivity contribution in [3.8, 4) is 0 Å². The zero-order valence-electron chi connectivity index (χ0n) is 9.34. The van der Waals surface area contributed by atoms with Gasteiger partial charge in [-0.3, -0.25) is 4.90 Å². The van der Waals surface area contributed by atoms with Crippen LogP contribution in [0.1, 0.15) is 18.5 Å². The molecule has 0 spiro atoms. The maximum Gasteiger partial charge on any atom is 0.124 e. The Morgan fingerprint density at radius 1 is 1.31 bits per heavy atom. The minimum Gasteiger partial charge on any atom is -0.314 e. The first-order valence-corrected chi connectivity index (χ1v) is 6.37. The van der Waals surface area contributed by atoms with Crippen molar-refractivity contribution in [1.29, 1.82) is 0 Å². The van der Waals surface area contributed by atoms with Crippen LogP contribution in [-0.4, -0.2) is 31.1 Å². The van der Waals surface area contributed by atoms with Crippen LogP contribution in [0.25, 0.3) is 0 Å². The first-order chi connectivity index (χ1) is 7.66. The summed E-state index contributed by atoms with van der Waals surface area (Å²) in [7, 11) is 0. The largest absolute Gasteiger partial charge is 0.314 e. The van der Waals surface area contributed by atoms with E-state index in [0.717, 1.165) is 36.2 Å². The second kappa shape index (κ2) is 5.25. The number of benzene rings is 1. The lowest BCUT2D eigenvalue weighted by Gasteiger charge is -2.33. The van der Waals surface area contributed by atoms with E-state index in [9.17, 15) is 4.39 Å². The summed E-state index contributed by atoms with van der Waals surface area (Å²) in [4.78, 5) is 2.37. The Bertz CT molecular complexity index is 344. The van der Waals surface area contributed by atoms with Crippen LogP contribution in [0.4, 0.5) is 4.39 Å². The summed E-state index contributed by atoms with van der Waals surface area (Å²) in [5.74, 6) is -0.175. The molecular weight excluding hydrogens is 271 g/mol. The Kier molecular flexibility index (Phi) is 3.95. The molecule has 1 heterocycles. The Labute approximate surface area is 104 Å². The molecule has 16 heavy (non-hydrogen) atoms. The van der Waals surface area contributed by atoms with Crippen LogP contribution in [0.3, 0.4) is 0 Å². The molecule has 1 aromatic rings. The van der Waals surface area contributed by atoms with Crippen molar-refractivity contribution in [1.82, 2.24) is 10.2 Å². The van der Waals surface area contributed by atoms with Crippen molar-refractivity contribution in [3.05, 3.63) is 34.1 Å². The lowest BCUT2D eigenvalue weighted by Crippen LogP contribution is -2.44. The van der Waals surface area contributed by atoms with Crippen LogP contribution in [0.2, 0.25) is 0 Å². The lowest BCUT2D eigenvalue weighted by atomic mass is 10.1. The van der Waals surface area contributed by atoms with Crippen molar-refractivity contribution in [2.75, 3.05) is 26.2 Å². The van der Waals surface area contributed by atoms with E-state index in [1.165, 1.54) is 6.07 Å². The van der Waals surface area contributed by atoms with E-state index >= 15 is 0 Å². The zero-order valence-corrected chi connectivity index (χ0v) is 10.9. The van der Waals surface area contributed by atoms with Crippen LogP contribution in [0.15, 0.2) is 22.7 Å². The zero-order chi connectivity index (χ0) is 11.5. The summed E-state index contributed by atoms with van der Waals surface area (Å²) in [5, 5.41) is 3.32. The molecule has 0 unspecified atom stereocenters. The Hall–Kier alpha value is -0.450. The summed E-state index contributed by atoms with van der Waals surface area (Å²) in [6.07, 6.45) is 0. The van der Waals surface area contributed by atoms with Gasteiger partial charge in [0.15, 0.2) is 0 Å². The molecule has 0 aliphatic carbocycles. The highest BCUT2D eigenvalue weighted by Crippen LogP contribution is 2.24. The van der Waals surface area contributed by atoms with Gasteiger partial charge in [-0.05, 0) is 30.7 Å². The van der Waals surface area contributed by atoms with Crippen LogP contribution in [0.5, 0.6) is 0 Å². The third-order valence-corrected chi connectivity index (χ3v) is 3.52. The predicted octanol–water partition coefficient (Wildman–Crippen LogP) is 2.55. The first kappa shape index (κ1) is 12.0. The maximum absolute atomic E-state index is 13.3. The standard InChI is InChI=1S/C12H16BrFN2/c1-9(16-4-2-15-3-5-16)10-6-11(13)8-12(14)7-10/h6-9,15H,2-5H2,1H3/t9-/m0/s1. The second-order valence-corrected chi connectivity index (χ2v) is 5.08. The summed E-state index contributed by atoms with van der Waals surface area (Å²) in [5.41, 5.74) is 1.04. The molecule has 1 aliphatic heterocycles. The summed E-state index contributed by atoms with van der Waals surface area (Å²) in [6, 6.07) is 5.38. The molecule has 0 saturated carbocycles. The molecule has 0 radical (unpaired) electrons. The highest BCUT2D eigenvalue weighted by molar-refractivity contribution is 9.10. The quantitative estimate of drug-likeness (QED) is 0.899. The second-order valence-electron chi connectivity index (χ2n) is 4.16. The molecule has 1 aliphatic rings. The van der Waals surface area contributed by atoms with E-state index in [1.54, 1.807) is 6.07 Å². The molecule has 2 rings (SSSR count). The van der Waals surface area contributed by atoms with Crippen LogP contribution in [0, 0.1) is 5.82 Å². The summed E-state index contributed by atoms with van der Waals surface area (Å²) < 4.78 is 14.1. The number of nitrogens with one attached hydrogen (secondary N) is 1. The number of rotatable bonds is 2. The topological polar surface area (TPSA) is 15.3 Å². The van der Waals surface area contributed by atoms with E-state index in [-0.39, 0.29) is 11.9 Å². The van der Waals surface area contributed by atoms with Gasteiger partial charge in [-0.25, -0.2) is 4.39 Å². The molecule has 1 N–H and O–H groups in total. The van der Waals surface area contributed by atoms with Gasteiger partial charge in [-0.1, -0.05) is 15.9 Å². The van der Waals surface area contributed by atoms with E-state index in [4.69, 9.17) is 0 Å². The third-order valence-electron chi connectivity index (χ3n) is 3.07. The van der Waals surface area contributed by atoms with Gasteiger partial charge in [0.1, 0.15) is 5.82 Å². The van der Waals surface area contributed by atoms with E-state index in [1.807, 2.05) is 6.07 Å². The van der Waals surface area contributed by atoms with Crippen LogP contribution >= 0.6 is 15.9 Å². The lowest BCUT2D eigenvalue weighted by molar-refractivity contribution is 0.185. The van der Waals surface area contributed by atoms with Crippen LogP contribution < -0.4 is 5.32 Å². The molecule has 1 aromatic carbocycles. The molecule has 4 heteroatoms. The summed E-state index contributed by atoms with van der Waals surface area (Å²) >= 11 is 3.33. The smallest absolute Gasteiger partial charge is 0.124 e. The Balaban J connectivity index is 2.15. The fourth-order valence-electron chi connectivity index (χ4n) is 2.10. The average Bonchev–Trinajstić information content (AvgIpc) is 2.28. The van der Waals surface area contributed by atoms with Gasteiger partial charge in [0.25, 0.3) is 0 Å². The first-order valence-electron chi connectivity index (χ1n) is 5.57. The minimum atomic E-state index is -0.175. The Morgan fingerprint density at radius 2 is 2.00 bits per heavy atom. The van der Waals surface area contributed by atoms with E-state index in [0.29, 0.717) is 0 Å². The maximum atomic E-state index is 13.3. The van der Waals surface area contributed by atoms with Gasteiger partial charge in [0.05, 0.1) is 0 Å². The normalized spacial score (nSPS) is 19.7. The van der Waals surface area contributed by atoms with Crippen molar-refractivity contribution < 1.29 is 4.39 Å². The SMILES string of the molecule is C[C@@H](c1cc(F)cc(Br)c1)N1CCNCC1. The molecular formula is C12H16BrFN2. The molecule has 88 valence electrons. The van der Waals surface area contributed by atoms with Gasteiger partial charge in [0, 0.05) is 36.7 Å². The highest BCUT2D eigenvalue weighted by Gasteiger charge is 2.18. The van der Waals surface area contributed by atoms with E-state index in [2.05, 4.69) is 33.1 Å². The van der Waals surface area contributed by atoms with Crippen LogP contribution in [-0.2, 0) is 0 Å². The highest BCUT2D eigenvalue weighted by atomic mass is 79.9. The van der Waals surface area contributed by atoms with Crippen molar-refractivity contribution >= 4 is 15.9 Å². The summed E-state index contributed by atoms with van der Waals surface area (Å²) in [6.45, 7) is 6.21. The molecule has 1 fully saturated rings. The molecule has 0 bridgehead atoms. The fourth-order valence-corrected chi connectivity index (χ4v) is 2.58. The van der Waals surface area contributed by atoms with Gasteiger partial charge in [-0.2, -0.15) is 0 Å². The fraction of sp³-hybridized carbons (Fsp3) is 0.500. The number of hydrogen-bond acceptors (Lipinski definition) is 2. The molecule has 0 aromatic heterocycles. The third kappa shape index (κ3) is 2.81. The van der Waals surface area contributed by atoms with Crippen molar-refractivity contribution in [2.24, 2.45) is 0 Å². The number of hydrogen-bond donors (Lipinski definition) is 1. The van der Waals surface area contributed by atoms with Gasteiger partial charge < -0.3 is 5.32 Å². The molecule has 1 saturated heterocycles. The number of nitrogens with zero attached hydrogens (tertiary/aromatic N) is 1. The number of piperazine rings is 1. The molecule has 1 atom stereocenters. The van der Waals surface area contributed by atoms with E-state index < -0.39 is 0 Å². The van der Waals surface area contributed by atoms with Gasteiger partial charge in [0.2, 0.25) is 0 Å².